The summed E-state index contributed by atoms with van der Waals surface area (Å²) >= 11 is 6.12. The van der Waals surface area contributed by atoms with Gasteiger partial charge in [0.2, 0.25) is 5.95 Å². The fourth-order valence-electron chi connectivity index (χ4n) is 3.77. The minimum Gasteiger partial charge on any atom is -0.347 e. The number of nitrogens with zero attached hydrogens (tertiary/aromatic N) is 3. The third-order valence-corrected chi connectivity index (χ3v) is 5.52. The standard InChI is InChI=1S/C23H25ClN4/c1-4-19-13-21(27-22(25-19)26-20-11-7-10-18(24)12-20)28-15-17-9-6-5-8-16(17)14-23(28,2)3/h5-13H,4,14-15H2,1-3H3,(H,25,26,27). The van der Waals surface area contributed by atoms with E-state index in [1.165, 1.54) is 11.1 Å². The van der Waals surface area contributed by atoms with E-state index in [1.807, 2.05) is 24.3 Å². The van der Waals surface area contributed by atoms with Crippen molar-refractivity contribution < 1.29 is 0 Å². The Hall–Kier alpha value is -2.59. The first-order chi connectivity index (χ1) is 13.4. The summed E-state index contributed by atoms with van der Waals surface area (Å²) in [5.74, 6) is 1.56. The van der Waals surface area contributed by atoms with Gasteiger partial charge in [-0.15, -0.1) is 0 Å². The van der Waals surface area contributed by atoms with Crippen molar-refractivity contribution in [3.05, 3.63) is 76.4 Å². The van der Waals surface area contributed by atoms with Crippen molar-refractivity contribution in [1.82, 2.24) is 9.97 Å². The van der Waals surface area contributed by atoms with Crippen LogP contribution in [0, 0.1) is 0 Å². The predicted octanol–water partition coefficient (Wildman–Crippen LogP) is 5.78. The number of fused-ring (bicyclic) bond motifs is 1. The molecule has 0 saturated heterocycles. The van der Waals surface area contributed by atoms with E-state index in [2.05, 4.69) is 66.3 Å². The van der Waals surface area contributed by atoms with Crippen molar-refractivity contribution in [3.8, 4) is 0 Å². The largest absolute Gasteiger partial charge is 0.347 e. The number of rotatable bonds is 4. The summed E-state index contributed by atoms with van der Waals surface area (Å²) in [4.78, 5) is 11.9. The summed E-state index contributed by atoms with van der Waals surface area (Å²) in [5, 5.41) is 4.00. The maximum Gasteiger partial charge on any atom is 0.229 e. The van der Waals surface area contributed by atoms with E-state index in [0.717, 1.165) is 36.6 Å². The van der Waals surface area contributed by atoms with Gasteiger partial charge in [0, 0.05) is 34.6 Å². The molecule has 2 heterocycles. The maximum absolute atomic E-state index is 6.12. The molecule has 0 amide bonds. The van der Waals surface area contributed by atoms with E-state index in [0.29, 0.717) is 11.0 Å². The Balaban J connectivity index is 1.71. The highest BCUT2D eigenvalue weighted by Crippen LogP contribution is 2.34. The summed E-state index contributed by atoms with van der Waals surface area (Å²) < 4.78 is 0. The molecular weight excluding hydrogens is 368 g/mol. The minimum atomic E-state index is -0.0267. The maximum atomic E-state index is 6.12. The van der Waals surface area contributed by atoms with Crippen molar-refractivity contribution in [2.75, 3.05) is 10.2 Å². The number of nitrogens with one attached hydrogen (secondary N) is 1. The molecular formula is C23H25ClN4. The molecule has 0 saturated carbocycles. The van der Waals surface area contributed by atoms with E-state index in [4.69, 9.17) is 16.6 Å². The van der Waals surface area contributed by atoms with Crippen LogP contribution in [0.3, 0.4) is 0 Å². The van der Waals surface area contributed by atoms with Crippen molar-refractivity contribution >= 4 is 29.1 Å². The first-order valence-electron chi connectivity index (χ1n) is 9.69. The Labute approximate surface area is 171 Å². The molecule has 0 aliphatic carbocycles. The molecule has 0 bridgehead atoms. The third-order valence-electron chi connectivity index (χ3n) is 5.29. The summed E-state index contributed by atoms with van der Waals surface area (Å²) in [7, 11) is 0. The molecule has 2 aromatic carbocycles. The zero-order valence-electron chi connectivity index (χ0n) is 16.5. The molecule has 0 fully saturated rings. The number of halogens is 1. The lowest BCUT2D eigenvalue weighted by atomic mass is 9.85. The highest BCUT2D eigenvalue weighted by molar-refractivity contribution is 6.30. The van der Waals surface area contributed by atoms with E-state index in [-0.39, 0.29) is 5.54 Å². The summed E-state index contributed by atoms with van der Waals surface area (Å²) in [6.45, 7) is 7.52. The summed E-state index contributed by atoms with van der Waals surface area (Å²) in [6.07, 6.45) is 1.84. The molecule has 0 unspecified atom stereocenters. The van der Waals surface area contributed by atoms with Gasteiger partial charge in [-0.1, -0.05) is 48.9 Å². The third kappa shape index (κ3) is 3.83. The Morgan fingerprint density at radius 3 is 2.57 bits per heavy atom. The molecule has 4 nitrogen and oxygen atoms in total. The van der Waals surface area contributed by atoms with E-state index in [1.54, 1.807) is 0 Å². The number of hydrogen-bond donors (Lipinski definition) is 1. The highest BCUT2D eigenvalue weighted by Gasteiger charge is 2.33. The number of aromatic nitrogens is 2. The highest BCUT2D eigenvalue weighted by atomic mass is 35.5. The monoisotopic (exact) mass is 392 g/mol. The number of hydrogen-bond acceptors (Lipinski definition) is 4. The topological polar surface area (TPSA) is 41.1 Å². The van der Waals surface area contributed by atoms with Gasteiger partial charge in [-0.05, 0) is 56.0 Å². The first-order valence-corrected chi connectivity index (χ1v) is 10.1. The van der Waals surface area contributed by atoms with Crippen LogP contribution in [0.2, 0.25) is 5.02 Å². The van der Waals surface area contributed by atoms with Crippen LogP contribution >= 0.6 is 11.6 Å². The van der Waals surface area contributed by atoms with Gasteiger partial charge in [0.15, 0.2) is 0 Å². The average Bonchev–Trinajstić information content (AvgIpc) is 2.66. The number of benzene rings is 2. The molecule has 28 heavy (non-hydrogen) atoms. The fraction of sp³-hybridized carbons (Fsp3) is 0.304. The number of aryl methyl sites for hydroxylation is 1. The lowest BCUT2D eigenvalue weighted by molar-refractivity contribution is 0.427. The second-order valence-electron chi connectivity index (χ2n) is 7.87. The molecule has 5 heteroatoms. The van der Waals surface area contributed by atoms with Gasteiger partial charge in [0.1, 0.15) is 5.82 Å². The second kappa shape index (κ2) is 7.44. The molecule has 0 radical (unpaired) electrons. The Morgan fingerprint density at radius 1 is 1.04 bits per heavy atom. The van der Waals surface area contributed by atoms with Gasteiger partial charge in [-0.25, -0.2) is 4.98 Å². The van der Waals surface area contributed by atoms with Gasteiger partial charge in [-0.3, -0.25) is 0 Å². The van der Waals surface area contributed by atoms with Gasteiger partial charge < -0.3 is 10.2 Å². The molecule has 1 aliphatic heterocycles. The smallest absolute Gasteiger partial charge is 0.229 e. The zero-order chi connectivity index (χ0) is 19.7. The van der Waals surface area contributed by atoms with Crippen molar-refractivity contribution in [1.29, 1.82) is 0 Å². The van der Waals surface area contributed by atoms with E-state index >= 15 is 0 Å². The molecule has 0 spiro atoms. The van der Waals surface area contributed by atoms with Crippen LogP contribution in [0.15, 0.2) is 54.6 Å². The lowest BCUT2D eigenvalue weighted by Crippen LogP contribution is -2.49. The Bertz CT molecular complexity index is 999. The fourth-order valence-corrected chi connectivity index (χ4v) is 3.97. The van der Waals surface area contributed by atoms with Gasteiger partial charge in [0.05, 0.1) is 0 Å². The predicted molar refractivity (Wildman–Crippen MR) is 117 cm³/mol. The quantitative estimate of drug-likeness (QED) is 0.611. The second-order valence-corrected chi connectivity index (χ2v) is 8.31. The SMILES string of the molecule is CCc1cc(N2Cc3ccccc3CC2(C)C)nc(Nc2cccc(Cl)c2)n1. The zero-order valence-corrected chi connectivity index (χ0v) is 17.3. The number of anilines is 3. The van der Waals surface area contributed by atoms with Gasteiger partial charge in [0.25, 0.3) is 0 Å². The molecule has 4 rings (SSSR count). The van der Waals surface area contributed by atoms with Crippen molar-refractivity contribution in [2.24, 2.45) is 0 Å². The summed E-state index contributed by atoms with van der Waals surface area (Å²) in [6, 6.07) is 18.4. The van der Waals surface area contributed by atoms with Crippen LogP contribution in [0.1, 0.15) is 37.6 Å². The van der Waals surface area contributed by atoms with E-state index < -0.39 is 0 Å². The molecule has 144 valence electrons. The Kier molecular flexibility index (Phi) is 4.98. The molecule has 1 N–H and O–H groups in total. The van der Waals surface area contributed by atoms with Crippen LogP contribution in [0.5, 0.6) is 0 Å². The van der Waals surface area contributed by atoms with Crippen LogP contribution in [-0.4, -0.2) is 15.5 Å². The average molecular weight is 393 g/mol. The van der Waals surface area contributed by atoms with E-state index in [9.17, 15) is 0 Å². The minimum absolute atomic E-state index is 0.0267. The molecule has 0 atom stereocenters. The lowest BCUT2D eigenvalue weighted by Gasteiger charge is -2.44. The van der Waals surface area contributed by atoms with Crippen molar-refractivity contribution in [2.45, 2.75) is 45.7 Å². The Morgan fingerprint density at radius 2 is 1.82 bits per heavy atom. The van der Waals surface area contributed by atoms with Crippen LogP contribution in [-0.2, 0) is 19.4 Å². The van der Waals surface area contributed by atoms with Crippen LogP contribution in [0.4, 0.5) is 17.5 Å². The normalized spacial score (nSPS) is 15.2. The van der Waals surface area contributed by atoms with Gasteiger partial charge >= 0.3 is 0 Å². The van der Waals surface area contributed by atoms with Crippen LogP contribution in [0.25, 0.3) is 0 Å². The van der Waals surface area contributed by atoms with Gasteiger partial charge in [-0.2, -0.15) is 4.98 Å². The molecule has 1 aromatic heterocycles. The molecule has 3 aromatic rings. The van der Waals surface area contributed by atoms with Crippen molar-refractivity contribution in [3.63, 3.8) is 0 Å². The summed E-state index contributed by atoms with van der Waals surface area (Å²) in [5.41, 5.74) is 4.66. The molecule has 1 aliphatic rings. The first kappa shape index (κ1) is 18.8. The van der Waals surface area contributed by atoms with Crippen LogP contribution < -0.4 is 10.2 Å².